The van der Waals surface area contributed by atoms with E-state index in [1.807, 2.05) is 36.4 Å². The lowest BCUT2D eigenvalue weighted by molar-refractivity contribution is 0.669. The van der Waals surface area contributed by atoms with Crippen molar-refractivity contribution >= 4 is 54.3 Å². The van der Waals surface area contributed by atoms with Crippen molar-refractivity contribution < 1.29 is 4.42 Å². The Morgan fingerprint density at radius 2 is 0.855 bits per heavy atom. The van der Waals surface area contributed by atoms with Gasteiger partial charge in [0.25, 0.3) is 0 Å². The number of aromatic nitrogens is 3. The molecule has 0 aliphatic heterocycles. The predicted molar refractivity (Wildman–Crippen MR) is 227 cm³/mol. The molecule has 55 heavy (non-hydrogen) atoms. The third-order valence-corrected chi connectivity index (χ3v) is 10.7. The quantitative estimate of drug-likeness (QED) is 0.168. The highest BCUT2D eigenvalue weighted by molar-refractivity contribution is 6.24. The second-order valence-corrected chi connectivity index (χ2v) is 14.0. The van der Waals surface area contributed by atoms with E-state index in [-0.39, 0.29) is 0 Å². The van der Waals surface area contributed by atoms with E-state index in [1.165, 1.54) is 37.9 Å². The third kappa shape index (κ3) is 5.26. The molecule has 9 aromatic carbocycles. The van der Waals surface area contributed by atoms with Gasteiger partial charge in [0.15, 0.2) is 17.5 Å². The van der Waals surface area contributed by atoms with Crippen molar-refractivity contribution in [3.05, 3.63) is 188 Å². The van der Waals surface area contributed by atoms with Crippen molar-refractivity contribution in [3.8, 4) is 56.4 Å². The van der Waals surface area contributed by atoms with Gasteiger partial charge in [0.05, 0.1) is 0 Å². The molecule has 0 spiro atoms. The zero-order valence-electron chi connectivity index (χ0n) is 29.6. The van der Waals surface area contributed by atoms with Crippen LogP contribution in [0.1, 0.15) is 0 Å². The Bertz CT molecular complexity index is 3260. The summed E-state index contributed by atoms with van der Waals surface area (Å²) in [6, 6.07) is 65.8. The van der Waals surface area contributed by atoms with Crippen molar-refractivity contribution in [2.45, 2.75) is 0 Å². The Kier molecular flexibility index (Phi) is 7.14. The van der Waals surface area contributed by atoms with Crippen molar-refractivity contribution in [2.75, 3.05) is 0 Å². The van der Waals surface area contributed by atoms with Crippen LogP contribution in [0.4, 0.5) is 0 Å². The summed E-state index contributed by atoms with van der Waals surface area (Å²) in [5, 5.41) is 9.42. The first kappa shape index (κ1) is 31.1. The molecule has 256 valence electrons. The van der Waals surface area contributed by atoms with E-state index in [0.717, 1.165) is 55.3 Å². The highest BCUT2D eigenvalue weighted by Gasteiger charge is 2.19. The molecule has 0 saturated heterocycles. The smallest absolute Gasteiger partial charge is 0.164 e. The number of hydrogen-bond donors (Lipinski definition) is 0. The van der Waals surface area contributed by atoms with Crippen LogP contribution in [0, 0.1) is 0 Å². The molecule has 11 rings (SSSR count). The molecule has 11 aromatic rings. The van der Waals surface area contributed by atoms with Crippen molar-refractivity contribution in [2.24, 2.45) is 0 Å². The van der Waals surface area contributed by atoms with Crippen LogP contribution in [0.3, 0.4) is 0 Å². The number of benzene rings is 9. The van der Waals surface area contributed by atoms with Gasteiger partial charge < -0.3 is 4.42 Å². The minimum atomic E-state index is 0.593. The van der Waals surface area contributed by atoms with Crippen LogP contribution in [0.25, 0.3) is 111 Å². The van der Waals surface area contributed by atoms with E-state index in [0.29, 0.717) is 17.5 Å². The molecule has 2 heterocycles. The zero-order valence-corrected chi connectivity index (χ0v) is 29.6. The lowest BCUT2D eigenvalue weighted by Gasteiger charge is -2.14. The summed E-state index contributed by atoms with van der Waals surface area (Å²) in [6.07, 6.45) is 0. The summed E-state index contributed by atoms with van der Waals surface area (Å²) in [4.78, 5) is 15.6. The highest BCUT2D eigenvalue weighted by atomic mass is 16.3. The molecule has 0 unspecified atom stereocenters. The van der Waals surface area contributed by atoms with E-state index in [4.69, 9.17) is 19.4 Å². The first-order valence-electron chi connectivity index (χ1n) is 18.5. The molecule has 2 aromatic heterocycles. The SMILES string of the molecule is c1ccc(-c2cccc(-c3nc(-c4cccc(-c5cc6ccccc6c6c5ccc5ccccc56)c4)nc(-c4cccc5oc6ccccc6c45)n3)c2)cc1. The Morgan fingerprint density at radius 1 is 0.291 bits per heavy atom. The summed E-state index contributed by atoms with van der Waals surface area (Å²) in [5.74, 6) is 1.80. The fourth-order valence-electron chi connectivity index (χ4n) is 8.12. The Hall–Kier alpha value is -7.43. The topological polar surface area (TPSA) is 51.8 Å². The number of fused-ring (bicyclic) bond motifs is 8. The molecule has 0 aliphatic rings. The largest absolute Gasteiger partial charge is 0.456 e. The van der Waals surface area contributed by atoms with Gasteiger partial charge in [0.2, 0.25) is 0 Å². The Balaban J connectivity index is 1.14. The molecule has 0 aliphatic carbocycles. The fraction of sp³-hybridized carbons (Fsp3) is 0. The summed E-state index contributed by atoms with van der Waals surface area (Å²) in [5.41, 5.74) is 8.85. The number of nitrogens with zero attached hydrogens (tertiary/aromatic N) is 3. The van der Waals surface area contributed by atoms with Crippen LogP contribution in [0.2, 0.25) is 0 Å². The van der Waals surface area contributed by atoms with Crippen LogP contribution in [0.15, 0.2) is 192 Å². The zero-order chi connectivity index (χ0) is 36.3. The molecule has 4 heteroatoms. The van der Waals surface area contributed by atoms with Crippen LogP contribution in [-0.2, 0) is 0 Å². The van der Waals surface area contributed by atoms with E-state index in [1.54, 1.807) is 0 Å². The first-order valence-corrected chi connectivity index (χ1v) is 18.5. The highest BCUT2D eigenvalue weighted by Crippen LogP contribution is 2.41. The van der Waals surface area contributed by atoms with Crippen LogP contribution in [-0.4, -0.2) is 15.0 Å². The van der Waals surface area contributed by atoms with Crippen LogP contribution < -0.4 is 0 Å². The fourth-order valence-corrected chi connectivity index (χ4v) is 8.12. The van der Waals surface area contributed by atoms with Crippen LogP contribution in [0.5, 0.6) is 0 Å². The van der Waals surface area contributed by atoms with Gasteiger partial charge in [-0.25, -0.2) is 15.0 Å². The maximum absolute atomic E-state index is 6.30. The minimum Gasteiger partial charge on any atom is -0.456 e. The number of furan rings is 1. The van der Waals surface area contributed by atoms with E-state index in [2.05, 4.69) is 152 Å². The van der Waals surface area contributed by atoms with Gasteiger partial charge in [-0.2, -0.15) is 0 Å². The normalized spacial score (nSPS) is 11.6. The maximum atomic E-state index is 6.30. The number of para-hydroxylation sites is 1. The first-order chi connectivity index (χ1) is 27.2. The monoisotopic (exact) mass is 701 g/mol. The van der Waals surface area contributed by atoms with E-state index in [9.17, 15) is 0 Å². The van der Waals surface area contributed by atoms with Gasteiger partial charge in [-0.05, 0) is 84.9 Å². The molecule has 0 radical (unpaired) electrons. The molecule has 0 atom stereocenters. The molecule has 0 saturated carbocycles. The maximum Gasteiger partial charge on any atom is 0.164 e. The van der Waals surface area contributed by atoms with Gasteiger partial charge in [0.1, 0.15) is 11.2 Å². The summed E-state index contributed by atoms with van der Waals surface area (Å²) in [6.45, 7) is 0. The molecular weight excluding hydrogens is 671 g/mol. The predicted octanol–water partition coefficient (Wildman–Crippen LogP) is 13.6. The van der Waals surface area contributed by atoms with E-state index >= 15 is 0 Å². The lowest BCUT2D eigenvalue weighted by atomic mass is 9.90. The Labute approximate surface area is 317 Å². The summed E-state index contributed by atoms with van der Waals surface area (Å²) >= 11 is 0. The molecule has 0 fully saturated rings. The van der Waals surface area contributed by atoms with Gasteiger partial charge in [0, 0.05) is 27.5 Å². The third-order valence-electron chi connectivity index (χ3n) is 10.7. The average molecular weight is 702 g/mol. The summed E-state index contributed by atoms with van der Waals surface area (Å²) in [7, 11) is 0. The lowest BCUT2D eigenvalue weighted by Crippen LogP contribution is -2.00. The molecular formula is C51H31N3O. The van der Waals surface area contributed by atoms with Gasteiger partial charge >= 0.3 is 0 Å². The van der Waals surface area contributed by atoms with Crippen molar-refractivity contribution in [1.29, 1.82) is 0 Å². The molecule has 4 nitrogen and oxygen atoms in total. The molecule has 0 N–H and O–H groups in total. The van der Waals surface area contributed by atoms with E-state index < -0.39 is 0 Å². The average Bonchev–Trinajstić information content (AvgIpc) is 3.65. The van der Waals surface area contributed by atoms with Crippen molar-refractivity contribution in [1.82, 2.24) is 15.0 Å². The second kappa shape index (κ2) is 12.6. The molecule has 0 bridgehead atoms. The van der Waals surface area contributed by atoms with Gasteiger partial charge in [-0.3, -0.25) is 0 Å². The standard InChI is InChI=1S/C51H31N3O/c1-2-13-32(14-3-1)34-17-10-19-37(29-34)49-52-50(54-51(53-49)43-24-12-26-46-48(43)42-23-8-9-25-45(42)55-46)38-20-11-18-35(30-38)44-31-36-16-5-7-22-40(36)47-39-21-6-4-15-33(39)27-28-41(44)47/h1-31H. The molecule has 0 amide bonds. The summed E-state index contributed by atoms with van der Waals surface area (Å²) < 4.78 is 6.30. The van der Waals surface area contributed by atoms with Gasteiger partial charge in [-0.1, -0.05) is 158 Å². The number of rotatable bonds is 5. The number of hydrogen-bond acceptors (Lipinski definition) is 4. The Morgan fingerprint density at radius 3 is 1.65 bits per heavy atom. The van der Waals surface area contributed by atoms with Crippen LogP contribution >= 0.6 is 0 Å². The van der Waals surface area contributed by atoms with Gasteiger partial charge in [-0.15, -0.1) is 0 Å². The van der Waals surface area contributed by atoms with Crippen molar-refractivity contribution in [3.63, 3.8) is 0 Å². The minimum absolute atomic E-state index is 0.593. The second-order valence-electron chi connectivity index (χ2n) is 14.0.